The monoisotopic (exact) mass is 253 g/mol. The van der Waals surface area contributed by atoms with Crippen LogP contribution in [-0.4, -0.2) is 33.7 Å². The molecule has 1 rings (SSSR count). The Morgan fingerprint density at radius 2 is 2.28 bits per heavy atom. The topological polar surface area (TPSA) is 95.1 Å². The van der Waals surface area contributed by atoms with Crippen LogP contribution < -0.4 is 5.32 Å². The highest BCUT2D eigenvalue weighted by molar-refractivity contribution is 5.91. The van der Waals surface area contributed by atoms with Gasteiger partial charge in [0.2, 0.25) is 0 Å². The first-order valence-electron chi connectivity index (χ1n) is 6.12. The van der Waals surface area contributed by atoms with Gasteiger partial charge in [-0.25, -0.2) is 0 Å². The van der Waals surface area contributed by atoms with E-state index in [0.29, 0.717) is 24.6 Å². The number of carbonyl (C=O) groups is 2. The highest BCUT2D eigenvalue weighted by atomic mass is 16.4. The Kier molecular flexibility index (Phi) is 5.90. The van der Waals surface area contributed by atoms with Crippen molar-refractivity contribution >= 4 is 11.9 Å². The molecule has 1 atom stereocenters. The van der Waals surface area contributed by atoms with E-state index in [1.807, 2.05) is 6.92 Å². The summed E-state index contributed by atoms with van der Waals surface area (Å²) in [7, 11) is 0. The van der Waals surface area contributed by atoms with E-state index in [1.54, 1.807) is 6.07 Å². The number of nitrogens with zero attached hydrogens (tertiary/aromatic N) is 1. The second kappa shape index (κ2) is 7.47. The molecule has 0 aliphatic carbocycles. The number of carbonyl (C=O) groups excluding carboxylic acids is 1. The van der Waals surface area contributed by atoms with Crippen LogP contribution in [0.2, 0.25) is 0 Å². The van der Waals surface area contributed by atoms with Gasteiger partial charge in [-0.3, -0.25) is 14.7 Å². The standard InChI is InChI=1S/C12H19N3O3/c1-2-9(3-4-11(16)17)5-7-13-12(18)10-6-8-14-15-10/h6,8-9H,2-5,7H2,1H3,(H,13,18)(H,14,15)(H,16,17). The molecule has 1 unspecified atom stereocenters. The van der Waals surface area contributed by atoms with Crippen molar-refractivity contribution in [1.82, 2.24) is 15.5 Å². The van der Waals surface area contributed by atoms with E-state index in [-0.39, 0.29) is 12.3 Å². The van der Waals surface area contributed by atoms with Crippen molar-refractivity contribution in [3.05, 3.63) is 18.0 Å². The van der Waals surface area contributed by atoms with Crippen LogP contribution in [0.5, 0.6) is 0 Å². The predicted molar refractivity (Wildman–Crippen MR) is 66.2 cm³/mol. The molecule has 0 aliphatic heterocycles. The molecule has 0 saturated heterocycles. The Morgan fingerprint density at radius 1 is 1.50 bits per heavy atom. The summed E-state index contributed by atoms with van der Waals surface area (Å²) in [5.74, 6) is -0.612. The number of rotatable bonds is 8. The first kappa shape index (κ1) is 14.2. The fraction of sp³-hybridized carbons (Fsp3) is 0.583. The lowest BCUT2D eigenvalue weighted by atomic mass is 9.96. The van der Waals surface area contributed by atoms with Gasteiger partial charge in [-0.05, 0) is 24.8 Å². The zero-order valence-corrected chi connectivity index (χ0v) is 10.5. The van der Waals surface area contributed by atoms with E-state index in [1.165, 1.54) is 6.20 Å². The number of nitrogens with one attached hydrogen (secondary N) is 2. The Balaban J connectivity index is 2.22. The zero-order chi connectivity index (χ0) is 13.4. The Hall–Kier alpha value is -1.85. The van der Waals surface area contributed by atoms with Crippen LogP contribution in [0.25, 0.3) is 0 Å². The summed E-state index contributed by atoms with van der Waals surface area (Å²) < 4.78 is 0. The molecular weight excluding hydrogens is 234 g/mol. The van der Waals surface area contributed by atoms with E-state index >= 15 is 0 Å². The van der Waals surface area contributed by atoms with Crippen molar-refractivity contribution < 1.29 is 14.7 Å². The molecule has 100 valence electrons. The lowest BCUT2D eigenvalue weighted by molar-refractivity contribution is -0.137. The van der Waals surface area contributed by atoms with Gasteiger partial charge in [-0.15, -0.1) is 0 Å². The molecule has 0 radical (unpaired) electrons. The van der Waals surface area contributed by atoms with E-state index in [4.69, 9.17) is 5.11 Å². The van der Waals surface area contributed by atoms with E-state index < -0.39 is 5.97 Å². The van der Waals surface area contributed by atoms with Crippen LogP contribution in [0.3, 0.4) is 0 Å². The average Bonchev–Trinajstić information content (AvgIpc) is 2.86. The maximum absolute atomic E-state index is 11.6. The van der Waals surface area contributed by atoms with Gasteiger partial charge in [0.1, 0.15) is 5.69 Å². The van der Waals surface area contributed by atoms with Crippen LogP contribution in [0.4, 0.5) is 0 Å². The lowest BCUT2D eigenvalue weighted by Gasteiger charge is -2.13. The third-order valence-electron chi connectivity index (χ3n) is 2.93. The smallest absolute Gasteiger partial charge is 0.303 e. The molecule has 6 heteroatoms. The number of aromatic nitrogens is 2. The van der Waals surface area contributed by atoms with Gasteiger partial charge >= 0.3 is 5.97 Å². The Bertz CT molecular complexity index is 376. The molecule has 0 aromatic carbocycles. The number of H-pyrrole nitrogens is 1. The van der Waals surface area contributed by atoms with Crippen molar-refractivity contribution in [1.29, 1.82) is 0 Å². The Morgan fingerprint density at radius 3 is 2.83 bits per heavy atom. The number of hydrogen-bond donors (Lipinski definition) is 3. The van der Waals surface area contributed by atoms with Gasteiger partial charge in [0.15, 0.2) is 0 Å². The lowest BCUT2D eigenvalue weighted by Crippen LogP contribution is -2.26. The second-order valence-corrected chi connectivity index (χ2v) is 4.22. The van der Waals surface area contributed by atoms with Gasteiger partial charge in [-0.2, -0.15) is 5.10 Å². The molecule has 0 aliphatic rings. The summed E-state index contributed by atoms with van der Waals surface area (Å²) >= 11 is 0. The van der Waals surface area contributed by atoms with E-state index in [2.05, 4.69) is 15.5 Å². The van der Waals surface area contributed by atoms with Crippen LogP contribution in [-0.2, 0) is 4.79 Å². The molecule has 0 saturated carbocycles. The van der Waals surface area contributed by atoms with Crippen LogP contribution in [0.15, 0.2) is 12.3 Å². The predicted octanol–water partition coefficient (Wildman–Crippen LogP) is 1.42. The quantitative estimate of drug-likeness (QED) is 0.653. The van der Waals surface area contributed by atoms with Crippen LogP contribution in [0, 0.1) is 5.92 Å². The number of aliphatic carboxylic acids is 1. The Labute approximate surface area is 106 Å². The number of amides is 1. The number of aromatic amines is 1. The largest absolute Gasteiger partial charge is 0.481 e. The van der Waals surface area contributed by atoms with E-state index in [0.717, 1.165) is 12.8 Å². The first-order valence-corrected chi connectivity index (χ1v) is 6.12. The molecule has 1 aromatic heterocycles. The van der Waals surface area contributed by atoms with Crippen LogP contribution in [0.1, 0.15) is 43.1 Å². The van der Waals surface area contributed by atoms with Crippen molar-refractivity contribution in [3.8, 4) is 0 Å². The third kappa shape index (κ3) is 4.99. The average molecular weight is 253 g/mol. The number of hydrogen-bond acceptors (Lipinski definition) is 3. The van der Waals surface area contributed by atoms with Gasteiger partial charge in [0.05, 0.1) is 0 Å². The van der Waals surface area contributed by atoms with E-state index in [9.17, 15) is 9.59 Å². The van der Waals surface area contributed by atoms with Crippen LogP contribution >= 0.6 is 0 Å². The summed E-state index contributed by atoms with van der Waals surface area (Å²) in [6, 6.07) is 1.61. The fourth-order valence-electron chi connectivity index (χ4n) is 1.75. The number of carboxylic acid groups (broad SMARTS) is 1. The normalized spacial score (nSPS) is 12.1. The van der Waals surface area contributed by atoms with Crippen molar-refractivity contribution in [2.24, 2.45) is 5.92 Å². The summed E-state index contributed by atoms with van der Waals surface area (Å²) in [6.45, 7) is 2.58. The summed E-state index contributed by atoms with van der Waals surface area (Å²) in [6.07, 6.45) is 4.09. The fourth-order valence-corrected chi connectivity index (χ4v) is 1.75. The molecule has 1 heterocycles. The summed E-state index contributed by atoms with van der Waals surface area (Å²) in [5.41, 5.74) is 0.439. The minimum absolute atomic E-state index is 0.180. The highest BCUT2D eigenvalue weighted by Gasteiger charge is 2.10. The molecule has 1 amide bonds. The van der Waals surface area contributed by atoms with Gasteiger partial charge in [-0.1, -0.05) is 13.3 Å². The molecule has 1 aromatic rings. The summed E-state index contributed by atoms with van der Waals surface area (Å²) in [5, 5.41) is 17.7. The maximum Gasteiger partial charge on any atom is 0.303 e. The molecular formula is C12H19N3O3. The maximum atomic E-state index is 11.6. The minimum Gasteiger partial charge on any atom is -0.481 e. The van der Waals surface area contributed by atoms with Gasteiger partial charge < -0.3 is 10.4 Å². The molecule has 0 fully saturated rings. The van der Waals surface area contributed by atoms with Gasteiger partial charge in [0, 0.05) is 19.2 Å². The highest BCUT2D eigenvalue weighted by Crippen LogP contribution is 2.14. The van der Waals surface area contributed by atoms with Crippen molar-refractivity contribution in [3.63, 3.8) is 0 Å². The first-order chi connectivity index (χ1) is 8.63. The molecule has 18 heavy (non-hydrogen) atoms. The zero-order valence-electron chi connectivity index (χ0n) is 10.5. The number of carboxylic acids is 1. The van der Waals surface area contributed by atoms with Crippen molar-refractivity contribution in [2.75, 3.05) is 6.54 Å². The summed E-state index contributed by atoms with van der Waals surface area (Å²) in [4.78, 5) is 22.0. The third-order valence-corrected chi connectivity index (χ3v) is 2.93. The van der Waals surface area contributed by atoms with Gasteiger partial charge in [0.25, 0.3) is 5.91 Å². The van der Waals surface area contributed by atoms with Crippen molar-refractivity contribution in [2.45, 2.75) is 32.6 Å². The molecule has 0 bridgehead atoms. The SMILES string of the molecule is CCC(CCNC(=O)c1ccn[nH]1)CCC(=O)O. The molecule has 6 nitrogen and oxygen atoms in total. The minimum atomic E-state index is -0.769. The second-order valence-electron chi connectivity index (χ2n) is 4.22. The molecule has 0 spiro atoms. The molecule has 3 N–H and O–H groups in total.